The van der Waals surface area contributed by atoms with Crippen LogP contribution in [0.4, 0.5) is 11.4 Å². The number of fused-ring (bicyclic) bond motifs is 1. The number of amides is 3. The molecule has 1 aliphatic rings. The lowest BCUT2D eigenvalue weighted by atomic mass is 10.1. The van der Waals surface area contributed by atoms with Gasteiger partial charge in [-0.05, 0) is 58.4 Å². The number of nitrogens with zero attached hydrogens (tertiary/aromatic N) is 1. The van der Waals surface area contributed by atoms with E-state index in [2.05, 4.69) is 21.2 Å². The van der Waals surface area contributed by atoms with Crippen molar-refractivity contribution in [3.63, 3.8) is 0 Å². The maximum Gasteiger partial charge on any atom is 0.291 e. The molecule has 6 nitrogen and oxygen atoms in total. The largest absolute Gasteiger partial charge is 0.444 e. The van der Waals surface area contributed by atoms with Crippen molar-refractivity contribution in [2.75, 3.05) is 10.2 Å². The van der Waals surface area contributed by atoms with Gasteiger partial charge in [-0.3, -0.25) is 14.4 Å². The molecule has 4 rings (SSSR count). The lowest BCUT2D eigenvalue weighted by Gasteiger charge is -2.15. The van der Waals surface area contributed by atoms with Gasteiger partial charge in [0, 0.05) is 0 Å². The first-order valence-corrected chi connectivity index (χ1v) is 8.97. The van der Waals surface area contributed by atoms with Crippen LogP contribution in [0.3, 0.4) is 0 Å². The highest BCUT2D eigenvalue weighted by Crippen LogP contribution is 2.33. The van der Waals surface area contributed by atoms with Crippen molar-refractivity contribution in [1.82, 2.24) is 0 Å². The second-order valence-electron chi connectivity index (χ2n) is 5.71. The summed E-state index contributed by atoms with van der Waals surface area (Å²) in [4.78, 5) is 38.3. The van der Waals surface area contributed by atoms with Crippen molar-refractivity contribution >= 4 is 56.6 Å². The fourth-order valence-corrected chi connectivity index (χ4v) is 3.32. The molecule has 0 atom stereocenters. The van der Waals surface area contributed by atoms with Gasteiger partial charge in [-0.15, -0.1) is 0 Å². The fraction of sp³-hybridized carbons (Fsp3) is 0. The van der Waals surface area contributed by atoms with Crippen LogP contribution in [-0.2, 0) is 0 Å². The molecule has 3 amide bonds. The molecular formula is C19H10BrClN2O4. The molecule has 27 heavy (non-hydrogen) atoms. The van der Waals surface area contributed by atoms with E-state index in [0.717, 1.165) is 4.90 Å². The molecule has 0 radical (unpaired) electrons. The Kier molecular flexibility index (Phi) is 4.33. The fourth-order valence-electron chi connectivity index (χ4n) is 2.79. The monoisotopic (exact) mass is 444 g/mol. The maximum atomic E-state index is 12.5. The molecule has 2 aromatic carbocycles. The van der Waals surface area contributed by atoms with Gasteiger partial charge in [-0.25, -0.2) is 4.90 Å². The summed E-state index contributed by atoms with van der Waals surface area (Å²) < 4.78 is 5.62. The van der Waals surface area contributed by atoms with E-state index >= 15 is 0 Å². The van der Waals surface area contributed by atoms with Gasteiger partial charge < -0.3 is 9.73 Å². The van der Waals surface area contributed by atoms with E-state index in [-0.39, 0.29) is 10.8 Å². The molecule has 0 unspecified atom stereocenters. The van der Waals surface area contributed by atoms with Crippen molar-refractivity contribution in [3.8, 4) is 0 Å². The number of imide groups is 1. The summed E-state index contributed by atoms with van der Waals surface area (Å²) in [5, 5.41) is 2.81. The molecule has 8 heteroatoms. The number of carbonyl (C=O) groups excluding carboxylic acids is 3. The number of hydrogen-bond acceptors (Lipinski definition) is 4. The molecule has 1 aromatic heterocycles. The first-order chi connectivity index (χ1) is 13.0. The quantitative estimate of drug-likeness (QED) is 0.590. The normalized spacial score (nSPS) is 13.0. The number of rotatable bonds is 3. The third-order valence-corrected chi connectivity index (χ3v) is 4.79. The van der Waals surface area contributed by atoms with Gasteiger partial charge >= 0.3 is 0 Å². The third-order valence-electron chi connectivity index (χ3n) is 4.05. The van der Waals surface area contributed by atoms with Gasteiger partial charge in [0.1, 0.15) is 0 Å². The zero-order valence-electron chi connectivity index (χ0n) is 13.5. The summed E-state index contributed by atoms with van der Waals surface area (Å²) in [6.07, 6.45) is 0. The number of furan rings is 1. The smallest absolute Gasteiger partial charge is 0.291 e. The number of halogens is 2. The number of anilines is 2. The van der Waals surface area contributed by atoms with E-state index < -0.39 is 17.7 Å². The average molecular weight is 446 g/mol. The Morgan fingerprint density at radius 2 is 1.67 bits per heavy atom. The Morgan fingerprint density at radius 1 is 1.00 bits per heavy atom. The Hall–Kier alpha value is -2.90. The minimum atomic E-state index is -0.476. The molecule has 0 aliphatic carbocycles. The summed E-state index contributed by atoms with van der Waals surface area (Å²) in [6, 6.07) is 14.2. The lowest BCUT2D eigenvalue weighted by molar-refractivity contribution is 0.0924. The highest BCUT2D eigenvalue weighted by atomic mass is 79.9. The number of carbonyl (C=O) groups is 3. The molecule has 134 valence electrons. The van der Waals surface area contributed by atoms with Crippen LogP contribution in [0.1, 0.15) is 31.3 Å². The highest BCUT2D eigenvalue weighted by molar-refractivity contribution is 9.10. The van der Waals surface area contributed by atoms with Crippen LogP contribution in [0.15, 0.2) is 63.7 Å². The van der Waals surface area contributed by atoms with Gasteiger partial charge in [-0.2, -0.15) is 0 Å². The number of nitrogens with one attached hydrogen (secondary N) is 1. The molecule has 0 saturated heterocycles. The summed E-state index contributed by atoms with van der Waals surface area (Å²) in [5.74, 6) is -1.19. The summed E-state index contributed by atoms with van der Waals surface area (Å²) >= 11 is 9.38. The van der Waals surface area contributed by atoms with E-state index in [0.29, 0.717) is 27.2 Å². The zero-order valence-corrected chi connectivity index (χ0v) is 15.9. The zero-order chi connectivity index (χ0) is 19.1. The first kappa shape index (κ1) is 17.5. The molecule has 2 heterocycles. The second kappa shape index (κ2) is 6.68. The van der Waals surface area contributed by atoms with E-state index in [1.165, 1.54) is 18.2 Å². The van der Waals surface area contributed by atoms with Crippen molar-refractivity contribution in [2.24, 2.45) is 0 Å². The second-order valence-corrected chi connectivity index (χ2v) is 6.90. The van der Waals surface area contributed by atoms with Gasteiger partial charge in [-0.1, -0.05) is 23.7 Å². The van der Waals surface area contributed by atoms with E-state index in [9.17, 15) is 14.4 Å². The Bertz CT molecular complexity index is 1070. The standard InChI is InChI=1S/C19H10BrClN2O4/c20-16-8-7-15(27-16)17(24)22-14-6-5-10(9-13(14)21)23-18(25)11-3-1-2-4-12(11)19(23)26/h1-9H,(H,22,24). The molecule has 0 spiro atoms. The minimum absolute atomic E-state index is 0.113. The van der Waals surface area contributed by atoms with Gasteiger partial charge in [0.25, 0.3) is 17.7 Å². The molecule has 1 aliphatic heterocycles. The third kappa shape index (κ3) is 3.05. The van der Waals surface area contributed by atoms with Crippen molar-refractivity contribution in [3.05, 3.63) is 81.2 Å². The highest BCUT2D eigenvalue weighted by Gasteiger charge is 2.36. The summed E-state index contributed by atoms with van der Waals surface area (Å²) in [6.45, 7) is 0. The van der Waals surface area contributed by atoms with Gasteiger partial charge in [0.2, 0.25) is 0 Å². The van der Waals surface area contributed by atoms with Gasteiger partial charge in [0.05, 0.1) is 27.5 Å². The predicted molar refractivity (Wildman–Crippen MR) is 103 cm³/mol. The summed E-state index contributed by atoms with van der Waals surface area (Å²) in [5.41, 5.74) is 1.35. The van der Waals surface area contributed by atoms with Crippen LogP contribution in [0.2, 0.25) is 5.02 Å². The predicted octanol–water partition coefficient (Wildman–Crippen LogP) is 4.75. The number of benzene rings is 2. The Labute approximate surface area is 166 Å². The Balaban J connectivity index is 1.60. The lowest BCUT2D eigenvalue weighted by Crippen LogP contribution is -2.29. The number of hydrogen-bond donors (Lipinski definition) is 1. The average Bonchev–Trinajstić information content (AvgIpc) is 3.19. The van der Waals surface area contributed by atoms with Crippen LogP contribution in [0.5, 0.6) is 0 Å². The Morgan fingerprint density at radius 3 is 2.22 bits per heavy atom. The molecule has 3 aromatic rings. The van der Waals surface area contributed by atoms with Crippen LogP contribution >= 0.6 is 27.5 Å². The van der Waals surface area contributed by atoms with Crippen LogP contribution < -0.4 is 10.2 Å². The maximum absolute atomic E-state index is 12.5. The SMILES string of the molecule is O=C(Nc1ccc(N2C(=O)c3ccccc3C2=O)cc1Cl)c1ccc(Br)o1. The minimum Gasteiger partial charge on any atom is -0.444 e. The van der Waals surface area contributed by atoms with Gasteiger partial charge in [0.15, 0.2) is 10.4 Å². The van der Waals surface area contributed by atoms with Crippen LogP contribution in [-0.4, -0.2) is 17.7 Å². The topological polar surface area (TPSA) is 79.6 Å². The van der Waals surface area contributed by atoms with Crippen molar-refractivity contribution in [2.45, 2.75) is 0 Å². The van der Waals surface area contributed by atoms with E-state index in [1.807, 2.05) is 0 Å². The van der Waals surface area contributed by atoms with E-state index in [4.69, 9.17) is 16.0 Å². The molecule has 1 N–H and O–H groups in total. The summed E-state index contributed by atoms with van der Waals surface area (Å²) in [7, 11) is 0. The first-order valence-electron chi connectivity index (χ1n) is 7.80. The molecule has 0 bridgehead atoms. The van der Waals surface area contributed by atoms with E-state index in [1.54, 1.807) is 36.4 Å². The van der Waals surface area contributed by atoms with Crippen molar-refractivity contribution < 1.29 is 18.8 Å². The molecule has 0 fully saturated rings. The van der Waals surface area contributed by atoms with Crippen molar-refractivity contribution in [1.29, 1.82) is 0 Å². The van der Waals surface area contributed by atoms with Crippen LogP contribution in [0.25, 0.3) is 0 Å². The van der Waals surface area contributed by atoms with Crippen LogP contribution in [0, 0.1) is 0 Å². The molecule has 0 saturated carbocycles. The molecular weight excluding hydrogens is 436 g/mol.